The maximum atomic E-state index is 9.38. The van der Waals surface area contributed by atoms with Crippen molar-refractivity contribution in [2.24, 2.45) is 5.92 Å². The van der Waals surface area contributed by atoms with Crippen LogP contribution in [0.15, 0.2) is 0 Å². The molecule has 0 spiro atoms. The van der Waals surface area contributed by atoms with Crippen LogP contribution in [0.4, 0.5) is 0 Å². The summed E-state index contributed by atoms with van der Waals surface area (Å²) in [5.41, 5.74) is -0.306. The molecule has 0 radical (unpaired) electrons. The molecule has 2 fully saturated rings. The van der Waals surface area contributed by atoms with Crippen LogP contribution in [0.25, 0.3) is 0 Å². The minimum atomic E-state index is -0.306. The molecule has 120 valence electrons. The van der Waals surface area contributed by atoms with Crippen LogP contribution >= 0.6 is 0 Å². The molecule has 2 saturated carbocycles. The molecule has 0 amide bonds. The summed E-state index contributed by atoms with van der Waals surface area (Å²) in [6, 6.07) is 3.89. The lowest BCUT2D eigenvalue weighted by molar-refractivity contribution is 0.161. The van der Waals surface area contributed by atoms with Crippen LogP contribution in [-0.4, -0.2) is 36.1 Å². The normalized spacial score (nSPS) is 29.1. The van der Waals surface area contributed by atoms with E-state index in [1.165, 1.54) is 51.5 Å². The Bertz CT molecular complexity index is 358. The van der Waals surface area contributed by atoms with Crippen molar-refractivity contribution < 1.29 is 0 Å². The zero-order chi connectivity index (χ0) is 15.3. The van der Waals surface area contributed by atoms with Gasteiger partial charge in [0.05, 0.1) is 6.07 Å². The first-order valence-corrected chi connectivity index (χ1v) is 8.91. The summed E-state index contributed by atoms with van der Waals surface area (Å²) in [6.07, 6.45) is 11.4. The van der Waals surface area contributed by atoms with Gasteiger partial charge in [-0.3, -0.25) is 5.32 Å². The minimum Gasteiger partial charge on any atom is -0.303 e. The number of hydrogen-bond donors (Lipinski definition) is 1. The third-order valence-corrected chi connectivity index (χ3v) is 5.32. The van der Waals surface area contributed by atoms with Crippen molar-refractivity contribution in [1.29, 1.82) is 5.26 Å². The topological polar surface area (TPSA) is 39.1 Å². The van der Waals surface area contributed by atoms with Gasteiger partial charge in [-0.25, -0.2) is 0 Å². The summed E-state index contributed by atoms with van der Waals surface area (Å²) in [5.74, 6) is 0.899. The van der Waals surface area contributed by atoms with Crippen LogP contribution in [0.5, 0.6) is 0 Å². The second-order valence-corrected chi connectivity index (χ2v) is 7.73. The van der Waals surface area contributed by atoms with Gasteiger partial charge in [0.15, 0.2) is 0 Å². The number of rotatable bonds is 8. The Morgan fingerprint density at radius 2 is 2.00 bits per heavy atom. The largest absolute Gasteiger partial charge is 0.303 e. The highest BCUT2D eigenvalue weighted by atomic mass is 15.1. The van der Waals surface area contributed by atoms with Gasteiger partial charge in [0.2, 0.25) is 0 Å². The molecule has 0 aromatic carbocycles. The molecular formula is C18H33N3. The van der Waals surface area contributed by atoms with Crippen LogP contribution in [0.1, 0.15) is 71.6 Å². The van der Waals surface area contributed by atoms with E-state index < -0.39 is 0 Å². The molecule has 3 heteroatoms. The Hall–Kier alpha value is -0.590. The van der Waals surface area contributed by atoms with Gasteiger partial charge in [-0.1, -0.05) is 19.8 Å². The van der Waals surface area contributed by atoms with E-state index in [1.807, 2.05) is 0 Å². The Morgan fingerprint density at radius 1 is 1.24 bits per heavy atom. The zero-order valence-corrected chi connectivity index (χ0v) is 14.2. The smallest absolute Gasteiger partial charge is 0.104 e. The predicted molar refractivity (Wildman–Crippen MR) is 88.1 cm³/mol. The average molecular weight is 291 g/mol. The van der Waals surface area contributed by atoms with Crippen LogP contribution in [0, 0.1) is 17.2 Å². The third-order valence-electron chi connectivity index (χ3n) is 5.32. The quantitative estimate of drug-likeness (QED) is 0.693. The molecule has 0 bridgehead atoms. The molecule has 0 heterocycles. The molecule has 2 rings (SSSR count). The summed E-state index contributed by atoms with van der Waals surface area (Å²) in [4.78, 5) is 2.56. The second-order valence-electron chi connectivity index (χ2n) is 7.73. The highest BCUT2D eigenvalue weighted by Crippen LogP contribution is 2.27. The average Bonchev–Trinajstić information content (AvgIpc) is 3.27. The van der Waals surface area contributed by atoms with Crippen LogP contribution < -0.4 is 5.32 Å². The molecule has 3 atom stereocenters. The van der Waals surface area contributed by atoms with E-state index in [2.05, 4.69) is 37.2 Å². The van der Waals surface area contributed by atoms with Gasteiger partial charge in [-0.15, -0.1) is 0 Å². The van der Waals surface area contributed by atoms with Gasteiger partial charge in [-0.05, 0) is 71.4 Å². The summed E-state index contributed by atoms with van der Waals surface area (Å²) in [6.45, 7) is 5.64. The monoisotopic (exact) mass is 291 g/mol. The molecule has 3 nitrogen and oxygen atoms in total. The van der Waals surface area contributed by atoms with Gasteiger partial charge in [0.25, 0.3) is 0 Å². The van der Waals surface area contributed by atoms with Crippen molar-refractivity contribution in [2.75, 3.05) is 13.6 Å². The number of nitrogens with zero attached hydrogens (tertiary/aromatic N) is 2. The Labute approximate surface area is 131 Å². The lowest BCUT2D eigenvalue weighted by Gasteiger charge is -2.34. The van der Waals surface area contributed by atoms with E-state index >= 15 is 0 Å². The molecule has 0 aliphatic heterocycles. The van der Waals surface area contributed by atoms with Gasteiger partial charge < -0.3 is 4.90 Å². The zero-order valence-electron chi connectivity index (χ0n) is 14.2. The molecule has 21 heavy (non-hydrogen) atoms. The molecule has 2 aliphatic rings. The van der Waals surface area contributed by atoms with E-state index in [9.17, 15) is 5.26 Å². The van der Waals surface area contributed by atoms with E-state index in [0.717, 1.165) is 24.8 Å². The van der Waals surface area contributed by atoms with E-state index in [0.29, 0.717) is 6.04 Å². The Morgan fingerprint density at radius 3 is 2.62 bits per heavy atom. The van der Waals surface area contributed by atoms with Crippen LogP contribution in [-0.2, 0) is 0 Å². The molecule has 0 saturated heterocycles. The standard InChI is InChI=1S/C18H33N3/c1-15-7-6-8-17(13-15)21(3)12-5-4-11-18(2,14-19)20-16-9-10-16/h15-17,20H,4-13H2,1-3H3. The molecular weight excluding hydrogens is 258 g/mol. The molecule has 0 aromatic rings. The fourth-order valence-electron chi connectivity index (χ4n) is 3.66. The summed E-state index contributed by atoms with van der Waals surface area (Å²) >= 11 is 0. The van der Waals surface area contributed by atoms with Crippen molar-refractivity contribution in [3.63, 3.8) is 0 Å². The molecule has 0 aromatic heterocycles. The first-order chi connectivity index (χ1) is 10.0. The van der Waals surface area contributed by atoms with E-state index in [-0.39, 0.29) is 5.54 Å². The van der Waals surface area contributed by atoms with Crippen molar-refractivity contribution >= 4 is 0 Å². The van der Waals surface area contributed by atoms with Crippen molar-refractivity contribution in [3.05, 3.63) is 0 Å². The maximum absolute atomic E-state index is 9.38. The lowest BCUT2D eigenvalue weighted by Crippen LogP contribution is -2.42. The summed E-state index contributed by atoms with van der Waals surface area (Å²) in [7, 11) is 2.29. The number of nitrogens with one attached hydrogen (secondary N) is 1. The second kappa shape index (κ2) is 7.61. The van der Waals surface area contributed by atoms with Crippen molar-refractivity contribution in [3.8, 4) is 6.07 Å². The predicted octanol–water partition coefficient (Wildman–Crippen LogP) is 3.70. The number of nitriles is 1. The van der Waals surface area contributed by atoms with Crippen LogP contribution in [0.2, 0.25) is 0 Å². The van der Waals surface area contributed by atoms with Gasteiger partial charge >= 0.3 is 0 Å². The number of hydrogen-bond acceptors (Lipinski definition) is 3. The Balaban J connectivity index is 1.63. The third kappa shape index (κ3) is 5.60. The van der Waals surface area contributed by atoms with Crippen molar-refractivity contribution in [2.45, 2.75) is 89.3 Å². The highest BCUT2D eigenvalue weighted by molar-refractivity contribution is 5.06. The fourth-order valence-corrected chi connectivity index (χ4v) is 3.66. The molecule has 1 N–H and O–H groups in total. The van der Waals surface area contributed by atoms with Gasteiger partial charge in [0.1, 0.15) is 5.54 Å². The summed E-state index contributed by atoms with van der Waals surface area (Å²) < 4.78 is 0. The van der Waals surface area contributed by atoms with Gasteiger partial charge in [0, 0.05) is 12.1 Å². The fraction of sp³-hybridized carbons (Fsp3) is 0.944. The van der Waals surface area contributed by atoms with E-state index in [1.54, 1.807) is 0 Å². The molecule has 2 aliphatic carbocycles. The maximum Gasteiger partial charge on any atom is 0.104 e. The SMILES string of the molecule is CC1CCCC(N(C)CCCCC(C)(C#N)NC2CC2)C1. The van der Waals surface area contributed by atoms with Crippen LogP contribution in [0.3, 0.4) is 0 Å². The summed E-state index contributed by atoms with van der Waals surface area (Å²) in [5, 5.41) is 12.9. The first kappa shape index (κ1) is 16.8. The lowest BCUT2D eigenvalue weighted by atomic mass is 9.86. The minimum absolute atomic E-state index is 0.306. The van der Waals surface area contributed by atoms with E-state index in [4.69, 9.17) is 0 Å². The molecule has 3 unspecified atom stereocenters. The van der Waals surface area contributed by atoms with Crippen molar-refractivity contribution in [1.82, 2.24) is 10.2 Å². The first-order valence-electron chi connectivity index (χ1n) is 8.91. The highest BCUT2D eigenvalue weighted by Gasteiger charge is 2.32. The Kier molecular flexibility index (Phi) is 6.08. The van der Waals surface area contributed by atoms with Gasteiger partial charge in [-0.2, -0.15) is 5.26 Å². The number of unbranched alkanes of at least 4 members (excludes halogenated alkanes) is 1.